The lowest BCUT2D eigenvalue weighted by Crippen LogP contribution is -2.51. The summed E-state index contributed by atoms with van der Waals surface area (Å²) >= 11 is 0. The highest BCUT2D eigenvalue weighted by Gasteiger charge is 2.24. The van der Waals surface area contributed by atoms with Gasteiger partial charge >= 0.3 is 0 Å². The van der Waals surface area contributed by atoms with Crippen LogP contribution in [0.15, 0.2) is 53.3 Å². The van der Waals surface area contributed by atoms with Crippen LogP contribution in [0.3, 0.4) is 0 Å². The smallest absolute Gasteiger partial charge is 0.224 e. The van der Waals surface area contributed by atoms with Gasteiger partial charge in [0.05, 0.1) is 6.61 Å². The normalized spacial score (nSPS) is 17.6. The maximum atomic E-state index is 13.1. The quantitative estimate of drug-likeness (QED) is 0.683. The highest BCUT2D eigenvalue weighted by atomic mass is 16.5. The molecule has 1 aliphatic rings. The first kappa shape index (κ1) is 21.4. The molecule has 1 aliphatic heterocycles. The van der Waals surface area contributed by atoms with Crippen LogP contribution in [-0.4, -0.2) is 37.2 Å². The molecule has 1 atom stereocenters. The summed E-state index contributed by atoms with van der Waals surface area (Å²) in [6.45, 7) is 12.7. The second kappa shape index (κ2) is 9.93. The number of hydrogen-bond donors (Lipinski definition) is 0. The molecule has 1 saturated heterocycles. The van der Waals surface area contributed by atoms with Crippen molar-refractivity contribution < 1.29 is 4.74 Å². The third kappa shape index (κ3) is 5.39. The second-order valence-electron chi connectivity index (χ2n) is 8.31. The molecule has 2 aromatic carbocycles. The topological polar surface area (TPSA) is 32.8 Å². The molecular formula is C25H34N2O2. The first-order chi connectivity index (χ1) is 14.0. The highest BCUT2D eigenvalue weighted by molar-refractivity contribution is 5.47. The van der Waals surface area contributed by atoms with Crippen LogP contribution in [0.5, 0.6) is 5.75 Å². The van der Waals surface area contributed by atoms with Crippen LogP contribution in [0.4, 0.5) is 5.69 Å². The Balaban J connectivity index is 1.78. The van der Waals surface area contributed by atoms with E-state index in [2.05, 4.69) is 73.9 Å². The van der Waals surface area contributed by atoms with Crippen molar-refractivity contribution in [1.29, 1.82) is 0 Å². The van der Waals surface area contributed by atoms with E-state index in [0.717, 1.165) is 37.2 Å². The van der Waals surface area contributed by atoms with Gasteiger partial charge in [-0.25, -0.2) is 0 Å². The van der Waals surface area contributed by atoms with Gasteiger partial charge in [0.1, 0.15) is 0 Å². The van der Waals surface area contributed by atoms with Gasteiger partial charge in [0.25, 0.3) is 0 Å². The maximum absolute atomic E-state index is 13.1. The summed E-state index contributed by atoms with van der Waals surface area (Å²) in [6, 6.07) is 17.0. The van der Waals surface area contributed by atoms with Gasteiger partial charge < -0.3 is 9.64 Å². The fraction of sp³-hybridized carbons (Fsp3) is 0.480. The zero-order valence-corrected chi connectivity index (χ0v) is 18.2. The van der Waals surface area contributed by atoms with E-state index in [4.69, 9.17) is 4.74 Å². The molecule has 0 amide bonds. The zero-order valence-electron chi connectivity index (χ0n) is 18.2. The van der Waals surface area contributed by atoms with E-state index in [1.54, 1.807) is 0 Å². The SMILES string of the molecule is CCCOc1cc(C(C)C)ccc(CN2CCN(c3ccccc3)C(C)C2)c1=O. The third-order valence-corrected chi connectivity index (χ3v) is 5.61. The summed E-state index contributed by atoms with van der Waals surface area (Å²) < 4.78 is 5.82. The van der Waals surface area contributed by atoms with E-state index >= 15 is 0 Å². The number of anilines is 1. The summed E-state index contributed by atoms with van der Waals surface area (Å²) in [6.07, 6.45) is 0.892. The van der Waals surface area contributed by atoms with Crippen LogP contribution < -0.4 is 15.1 Å². The lowest BCUT2D eigenvalue weighted by molar-refractivity contribution is 0.220. The average molecular weight is 395 g/mol. The molecule has 0 aromatic heterocycles. The van der Waals surface area contributed by atoms with Crippen molar-refractivity contribution in [3.05, 3.63) is 69.9 Å². The van der Waals surface area contributed by atoms with E-state index in [0.29, 0.717) is 30.9 Å². The van der Waals surface area contributed by atoms with Crippen LogP contribution >= 0.6 is 0 Å². The minimum atomic E-state index is 0.0310. The molecule has 0 saturated carbocycles. The molecule has 156 valence electrons. The molecule has 1 heterocycles. The van der Waals surface area contributed by atoms with Crippen molar-refractivity contribution in [3.8, 4) is 5.75 Å². The molecule has 0 aliphatic carbocycles. The molecule has 2 aromatic rings. The number of ether oxygens (including phenoxy) is 1. The standard InChI is InChI=1S/C25H34N2O2/c1-5-15-29-24-16-21(19(2)3)11-12-22(25(24)28)18-26-13-14-27(20(4)17-26)23-9-7-6-8-10-23/h6-12,16,19-20H,5,13-15,17-18H2,1-4H3. The van der Waals surface area contributed by atoms with Gasteiger partial charge in [-0.15, -0.1) is 0 Å². The van der Waals surface area contributed by atoms with Gasteiger partial charge in [-0.05, 0) is 43.0 Å². The van der Waals surface area contributed by atoms with Crippen molar-refractivity contribution in [3.63, 3.8) is 0 Å². The molecular weight excluding hydrogens is 360 g/mol. The van der Waals surface area contributed by atoms with Crippen molar-refractivity contribution in [2.75, 3.05) is 31.1 Å². The van der Waals surface area contributed by atoms with E-state index < -0.39 is 0 Å². The van der Waals surface area contributed by atoms with Gasteiger partial charge in [0.15, 0.2) is 5.75 Å². The minimum Gasteiger partial charge on any atom is -0.489 e. The lowest BCUT2D eigenvalue weighted by atomic mass is 10.1. The van der Waals surface area contributed by atoms with Crippen LogP contribution in [0.2, 0.25) is 0 Å². The van der Waals surface area contributed by atoms with Gasteiger partial charge in [0.2, 0.25) is 5.43 Å². The Bertz CT molecular complexity index is 851. The molecule has 1 fully saturated rings. The third-order valence-electron chi connectivity index (χ3n) is 5.61. The van der Waals surface area contributed by atoms with Crippen molar-refractivity contribution in [2.24, 2.45) is 0 Å². The van der Waals surface area contributed by atoms with E-state index in [9.17, 15) is 4.79 Å². The monoisotopic (exact) mass is 394 g/mol. The van der Waals surface area contributed by atoms with E-state index in [-0.39, 0.29) is 5.43 Å². The molecule has 4 nitrogen and oxygen atoms in total. The Morgan fingerprint density at radius 1 is 1.10 bits per heavy atom. The zero-order chi connectivity index (χ0) is 20.8. The first-order valence-corrected chi connectivity index (χ1v) is 10.8. The largest absolute Gasteiger partial charge is 0.489 e. The molecule has 29 heavy (non-hydrogen) atoms. The van der Waals surface area contributed by atoms with Gasteiger partial charge in [-0.3, -0.25) is 9.69 Å². The first-order valence-electron chi connectivity index (χ1n) is 10.8. The average Bonchev–Trinajstić information content (AvgIpc) is 2.87. The molecule has 0 spiro atoms. The summed E-state index contributed by atoms with van der Waals surface area (Å²) in [5.41, 5.74) is 3.26. The van der Waals surface area contributed by atoms with Gasteiger partial charge in [-0.2, -0.15) is 0 Å². The Kier molecular flexibility index (Phi) is 7.32. The summed E-state index contributed by atoms with van der Waals surface area (Å²) in [4.78, 5) is 18.0. The Morgan fingerprint density at radius 2 is 1.86 bits per heavy atom. The number of hydrogen-bond acceptors (Lipinski definition) is 4. The molecule has 0 N–H and O–H groups in total. The number of benzene rings is 1. The van der Waals surface area contributed by atoms with E-state index in [1.807, 2.05) is 12.1 Å². The Morgan fingerprint density at radius 3 is 2.52 bits per heavy atom. The number of piperazine rings is 1. The summed E-state index contributed by atoms with van der Waals surface area (Å²) in [5.74, 6) is 0.847. The molecule has 0 bridgehead atoms. The van der Waals surface area contributed by atoms with Crippen molar-refractivity contribution in [1.82, 2.24) is 4.90 Å². The molecule has 3 rings (SSSR count). The van der Waals surface area contributed by atoms with Crippen LogP contribution in [0.25, 0.3) is 0 Å². The van der Waals surface area contributed by atoms with Crippen LogP contribution in [-0.2, 0) is 6.54 Å². The minimum absolute atomic E-state index is 0.0310. The van der Waals surface area contributed by atoms with Crippen LogP contribution in [0, 0.1) is 0 Å². The number of nitrogens with zero attached hydrogens (tertiary/aromatic N) is 2. The number of para-hydroxylation sites is 1. The summed E-state index contributed by atoms with van der Waals surface area (Å²) in [5, 5.41) is 0. The van der Waals surface area contributed by atoms with Crippen LogP contribution in [0.1, 0.15) is 51.2 Å². The lowest BCUT2D eigenvalue weighted by Gasteiger charge is -2.41. The van der Waals surface area contributed by atoms with Crippen molar-refractivity contribution >= 4 is 5.69 Å². The molecule has 4 heteroatoms. The molecule has 0 radical (unpaired) electrons. The Labute approximate surface area is 175 Å². The molecule has 1 unspecified atom stereocenters. The second-order valence-corrected chi connectivity index (χ2v) is 8.31. The van der Waals surface area contributed by atoms with Gasteiger partial charge in [0, 0.05) is 43.5 Å². The fourth-order valence-corrected chi connectivity index (χ4v) is 3.92. The highest BCUT2D eigenvalue weighted by Crippen LogP contribution is 2.22. The van der Waals surface area contributed by atoms with Crippen molar-refractivity contribution in [2.45, 2.75) is 52.6 Å². The Hall–Kier alpha value is -2.33. The predicted molar refractivity (Wildman–Crippen MR) is 121 cm³/mol. The predicted octanol–water partition coefficient (Wildman–Crippen LogP) is 4.67. The maximum Gasteiger partial charge on any atom is 0.224 e. The van der Waals surface area contributed by atoms with E-state index in [1.165, 1.54) is 5.69 Å². The summed E-state index contributed by atoms with van der Waals surface area (Å²) in [7, 11) is 0. The van der Waals surface area contributed by atoms with Gasteiger partial charge in [-0.1, -0.05) is 51.1 Å². The fourth-order valence-electron chi connectivity index (χ4n) is 3.92. The number of rotatable bonds is 7.